The molecule has 0 atom stereocenters. The Morgan fingerprint density at radius 2 is 1.94 bits per heavy atom. The minimum atomic E-state index is -3.53. The van der Waals surface area contributed by atoms with E-state index in [9.17, 15) is 8.42 Å². The molecule has 100 valence electrons. The van der Waals surface area contributed by atoms with Crippen LogP contribution in [0.3, 0.4) is 0 Å². The molecule has 1 aromatic carbocycles. The van der Waals surface area contributed by atoms with Crippen molar-refractivity contribution in [2.45, 2.75) is 43.0 Å². The molecule has 0 aromatic heterocycles. The van der Waals surface area contributed by atoms with Gasteiger partial charge in [0.1, 0.15) is 0 Å². The summed E-state index contributed by atoms with van der Waals surface area (Å²) >= 11 is 3.26. The first-order valence-electron chi connectivity index (χ1n) is 5.91. The van der Waals surface area contributed by atoms with Crippen LogP contribution in [0.15, 0.2) is 27.6 Å². The van der Waals surface area contributed by atoms with Crippen LogP contribution in [0.25, 0.3) is 0 Å². The molecule has 6 heteroatoms. The summed E-state index contributed by atoms with van der Waals surface area (Å²) in [7, 11) is -3.53. The Kier molecular flexibility index (Phi) is 3.71. The molecule has 1 aromatic rings. The van der Waals surface area contributed by atoms with Gasteiger partial charge in [0, 0.05) is 15.7 Å². The Hall–Kier alpha value is -0.590. The van der Waals surface area contributed by atoms with Crippen LogP contribution in [-0.2, 0) is 10.0 Å². The topological polar surface area (TPSA) is 72.2 Å². The van der Waals surface area contributed by atoms with Crippen LogP contribution in [0.4, 0.5) is 5.69 Å². The first-order valence-corrected chi connectivity index (χ1v) is 8.19. The zero-order chi connectivity index (χ0) is 13.4. The van der Waals surface area contributed by atoms with E-state index < -0.39 is 10.0 Å². The lowest BCUT2D eigenvalue weighted by Gasteiger charge is -2.25. The van der Waals surface area contributed by atoms with E-state index in [-0.39, 0.29) is 10.4 Å². The van der Waals surface area contributed by atoms with Crippen molar-refractivity contribution >= 4 is 31.6 Å². The molecule has 0 amide bonds. The predicted molar refractivity (Wildman–Crippen MR) is 75.7 cm³/mol. The average molecular weight is 333 g/mol. The molecule has 3 N–H and O–H groups in total. The van der Waals surface area contributed by atoms with Gasteiger partial charge in [-0.15, -0.1) is 0 Å². The number of hydrogen-bond acceptors (Lipinski definition) is 3. The molecule has 2 rings (SSSR count). The highest BCUT2D eigenvalue weighted by molar-refractivity contribution is 9.10. The van der Waals surface area contributed by atoms with E-state index >= 15 is 0 Å². The summed E-state index contributed by atoms with van der Waals surface area (Å²) in [5, 5.41) is 0. The number of nitrogen functional groups attached to an aromatic ring is 1. The molecule has 0 bridgehead atoms. The number of hydrogen-bond donors (Lipinski definition) is 2. The SMILES string of the molecule is CC1(NS(=O)(=O)c2cc(N)ccc2Br)CCCC1. The van der Waals surface area contributed by atoms with Gasteiger partial charge in [-0.2, -0.15) is 0 Å². The maximum absolute atomic E-state index is 12.4. The van der Waals surface area contributed by atoms with Crippen molar-refractivity contribution in [3.63, 3.8) is 0 Å². The minimum absolute atomic E-state index is 0.204. The molecule has 0 heterocycles. The summed E-state index contributed by atoms with van der Waals surface area (Å²) in [5.41, 5.74) is 5.76. The summed E-state index contributed by atoms with van der Waals surface area (Å²) in [6.45, 7) is 1.96. The number of benzene rings is 1. The van der Waals surface area contributed by atoms with E-state index in [2.05, 4.69) is 20.7 Å². The van der Waals surface area contributed by atoms with Crippen molar-refractivity contribution in [2.24, 2.45) is 0 Å². The standard InChI is InChI=1S/C12H17BrN2O2S/c1-12(6-2-3-7-12)15-18(16,17)11-8-9(14)4-5-10(11)13/h4-5,8,15H,2-3,6-7,14H2,1H3. The Labute approximate surface area is 116 Å². The zero-order valence-electron chi connectivity index (χ0n) is 10.2. The molecule has 1 saturated carbocycles. The highest BCUT2D eigenvalue weighted by Gasteiger charge is 2.34. The van der Waals surface area contributed by atoms with E-state index in [1.54, 1.807) is 12.1 Å². The van der Waals surface area contributed by atoms with E-state index in [0.717, 1.165) is 25.7 Å². The summed E-state index contributed by atoms with van der Waals surface area (Å²) in [4.78, 5) is 0.204. The summed E-state index contributed by atoms with van der Waals surface area (Å²) in [6.07, 6.45) is 3.90. The van der Waals surface area contributed by atoms with Crippen molar-refractivity contribution in [3.8, 4) is 0 Å². The third kappa shape index (κ3) is 2.87. The van der Waals surface area contributed by atoms with E-state index in [1.165, 1.54) is 6.07 Å². The van der Waals surface area contributed by atoms with Gasteiger partial charge in [-0.3, -0.25) is 0 Å². The molecule has 0 radical (unpaired) electrons. The fourth-order valence-corrected chi connectivity index (χ4v) is 4.83. The van der Waals surface area contributed by atoms with Crippen LogP contribution < -0.4 is 10.5 Å². The van der Waals surface area contributed by atoms with Crippen LogP contribution in [0.5, 0.6) is 0 Å². The monoisotopic (exact) mass is 332 g/mol. The number of rotatable bonds is 3. The smallest absolute Gasteiger partial charge is 0.242 e. The van der Waals surface area contributed by atoms with Crippen molar-refractivity contribution in [3.05, 3.63) is 22.7 Å². The Bertz CT molecular complexity index is 551. The molecular weight excluding hydrogens is 316 g/mol. The Morgan fingerprint density at radius 3 is 2.56 bits per heavy atom. The van der Waals surface area contributed by atoms with Crippen LogP contribution in [0.2, 0.25) is 0 Å². The number of nitrogens with two attached hydrogens (primary N) is 1. The first kappa shape index (κ1) is 13.8. The molecule has 1 fully saturated rings. The Morgan fingerprint density at radius 1 is 1.33 bits per heavy atom. The molecule has 0 aliphatic heterocycles. The normalized spacial score (nSPS) is 19.0. The maximum atomic E-state index is 12.4. The lowest BCUT2D eigenvalue weighted by Crippen LogP contribution is -2.43. The second-order valence-corrected chi connectivity index (χ2v) is 7.57. The van der Waals surface area contributed by atoms with E-state index in [0.29, 0.717) is 10.2 Å². The molecule has 1 aliphatic rings. The van der Waals surface area contributed by atoms with Gasteiger partial charge in [-0.05, 0) is 53.9 Å². The second kappa shape index (κ2) is 4.83. The van der Waals surface area contributed by atoms with Crippen LogP contribution in [0, 0.1) is 0 Å². The van der Waals surface area contributed by atoms with Crippen LogP contribution in [0.1, 0.15) is 32.6 Å². The highest BCUT2D eigenvalue weighted by atomic mass is 79.9. The van der Waals surface area contributed by atoms with Gasteiger partial charge in [0.05, 0.1) is 4.90 Å². The van der Waals surface area contributed by atoms with Crippen molar-refractivity contribution in [1.29, 1.82) is 0 Å². The largest absolute Gasteiger partial charge is 0.399 e. The fraction of sp³-hybridized carbons (Fsp3) is 0.500. The maximum Gasteiger partial charge on any atom is 0.242 e. The molecule has 0 unspecified atom stereocenters. The average Bonchev–Trinajstić information content (AvgIpc) is 2.67. The third-order valence-electron chi connectivity index (χ3n) is 3.33. The molecule has 1 aliphatic carbocycles. The molecule has 4 nitrogen and oxygen atoms in total. The molecular formula is C12H17BrN2O2S. The number of halogens is 1. The minimum Gasteiger partial charge on any atom is -0.399 e. The number of anilines is 1. The van der Waals surface area contributed by atoms with Gasteiger partial charge in [0.15, 0.2) is 0 Å². The zero-order valence-corrected chi connectivity index (χ0v) is 12.6. The summed E-state index contributed by atoms with van der Waals surface area (Å²) in [6, 6.07) is 4.80. The van der Waals surface area contributed by atoms with Crippen molar-refractivity contribution < 1.29 is 8.42 Å². The van der Waals surface area contributed by atoms with Gasteiger partial charge in [0.25, 0.3) is 0 Å². The predicted octanol–water partition coefficient (Wildman–Crippen LogP) is 2.64. The van der Waals surface area contributed by atoms with Crippen LogP contribution in [-0.4, -0.2) is 14.0 Å². The number of nitrogens with one attached hydrogen (secondary N) is 1. The quantitative estimate of drug-likeness (QED) is 0.836. The highest BCUT2D eigenvalue weighted by Crippen LogP contribution is 2.32. The van der Waals surface area contributed by atoms with Crippen molar-refractivity contribution in [2.75, 3.05) is 5.73 Å². The van der Waals surface area contributed by atoms with Crippen molar-refractivity contribution in [1.82, 2.24) is 4.72 Å². The van der Waals surface area contributed by atoms with Gasteiger partial charge in [0.2, 0.25) is 10.0 Å². The van der Waals surface area contributed by atoms with E-state index in [4.69, 9.17) is 5.73 Å². The molecule has 0 saturated heterocycles. The molecule has 18 heavy (non-hydrogen) atoms. The third-order valence-corrected chi connectivity index (χ3v) is 5.96. The van der Waals surface area contributed by atoms with Gasteiger partial charge >= 0.3 is 0 Å². The van der Waals surface area contributed by atoms with Gasteiger partial charge < -0.3 is 5.73 Å². The Balaban J connectivity index is 2.33. The first-order chi connectivity index (χ1) is 8.32. The lowest BCUT2D eigenvalue weighted by atomic mass is 10.0. The van der Waals surface area contributed by atoms with Gasteiger partial charge in [-0.1, -0.05) is 12.8 Å². The van der Waals surface area contributed by atoms with Crippen LogP contribution >= 0.6 is 15.9 Å². The van der Waals surface area contributed by atoms with Gasteiger partial charge in [-0.25, -0.2) is 13.1 Å². The summed E-state index contributed by atoms with van der Waals surface area (Å²) in [5.74, 6) is 0. The molecule has 0 spiro atoms. The van der Waals surface area contributed by atoms with E-state index in [1.807, 2.05) is 6.92 Å². The number of sulfonamides is 1. The lowest BCUT2D eigenvalue weighted by molar-refractivity contribution is 0.427. The second-order valence-electron chi connectivity index (χ2n) is 5.06. The summed E-state index contributed by atoms with van der Waals surface area (Å²) < 4.78 is 28.1. The fourth-order valence-electron chi connectivity index (χ4n) is 2.36.